The summed E-state index contributed by atoms with van der Waals surface area (Å²) >= 11 is 0. The predicted molar refractivity (Wildman–Crippen MR) is 36.5 cm³/mol. The van der Waals surface area contributed by atoms with Crippen LogP contribution in [0.4, 0.5) is 0 Å². The normalized spacial score (nSPS) is 20.6. The third kappa shape index (κ3) is 1.45. The molecule has 0 amide bonds. The zero-order valence-corrected chi connectivity index (χ0v) is 5.85. The molecule has 0 aromatic carbocycles. The first-order valence-corrected chi connectivity index (χ1v) is 3.58. The fraction of sp³-hybridized carbons (Fsp3) is 0.750. The van der Waals surface area contributed by atoms with Gasteiger partial charge in [0.1, 0.15) is 0 Å². The Bertz CT molecular complexity index is 117. The maximum Gasteiger partial charge on any atom is 0.0759 e. The van der Waals surface area contributed by atoms with E-state index < -0.39 is 0 Å². The molecule has 1 rings (SSSR count). The molecule has 1 aliphatic carbocycles. The molecule has 0 spiro atoms. The lowest BCUT2D eigenvalue weighted by Gasteiger charge is -2.07. The van der Waals surface area contributed by atoms with Crippen molar-refractivity contribution in [3.05, 3.63) is 5.92 Å². The predicted octanol–water partition coefficient (Wildman–Crippen LogP) is 2.29. The van der Waals surface area contributed by atoms with Crippen molar-refractivity contribution in [1.82, 2.24) is 0 Å². The monoisotopic (exact) mass is 122 g/mol. The van der Waals surface area contributed by atoms with Gasteiger partial charge in [-0.1, -0.05) is 12.8 Å². The summed E-state index contributed by atoms with van der Waals surface area (Å²) in [6.07, 6.45) is 5.14. The van der Waals surface area contributed by atoms with E-state index in [0.717, 1.165) is 5.92 Å². The van der Waals surface area contributed by atoms with Crippen LogP contribution < -0.4 is 0 Å². The van der Waals surface area contributed by atoms with Gasteiger partial charge in [-0.2, -0.15) is 5.26 Å². The summed E-state index contributed by atoms with van der Waals surface area (Å²) in [4.78, 5) is 0. The molecule has 1 nitrogen and oxygen atoms in total. The van der Waals surface area contributed by atoms with Crippen LogP contribution in [0.2, 0.25) is 0 Å². The minimum absolute atomic E-state index is 0.634. The lowest BCUT2D eigenvalue weighted by atomic mass is 9.94. The van der Waals surface area contributed by atoms with Crippen molar-refractivity contribution in [2.45, 2.75) is 32.6 Å². The van der Waals surface area contributed by atoms with Crippen molar-refractivity contribution in [3.8, 4) is 6.07 Å². The first-order chi connectivity index (χ1) is 4.34. The van der Waals surface area contributed by atoms with Gasteiger partial charge in [0, 0.05) is 0 Å². The molecule has 1 aliphatic rings. The Morgan fingerprint density at radius 1 is 1.44 bits per heavy atom. The molecule has 0 aromatic rings. The molecule has 0 aromatic heterocycles. The van der Waals surface area contributed by atoms with Crippen LogP contribution in [0.1, 0.15) is 32.6 Å². The van der Waals surface area contributed by atoms with Crippen molar-refractivity contribution >= 4 is 0 Å². The Labute approximate surface area is 56.7 Å². The van der Waals surface area contributed by atoms with Gasteiger partial charge >= 0.3 is 0 Å². The van der Waals surface area contributed by atoms with Gasteiger partial charge in [-0.3, -0.25) is 0 Å². The molecular formula is C8H12N. The molecule has 1 radical (unpaired) electrons. The van der Waals surface area contributed by atoms with Crippen molar-refractivity contribution in [1.29, 1.82) is 5.26 Å². The molecule has 49 valence electrons. The Hall–Kier alpha value is -0.510. The van der Waals surface area contributed by atoms with E-state index in [2.05, 4.69) is 6.07 Å². The number of hydrogen-bond acceptors (Lipinski definition) is 1. The van der Waals surface area contributed by atoms with Gasteiger partial charge < -0.3 is 0 Å². The van der Waals surface area contributed by atoms with Crippen molar-refractivity contribution in [2.24, 2.45) is 5.92 Å². The number of rotatable bonds is 1. The first kappa shape index (κ1) is 6.61. The van der Waals surface area contributed by atoms with Crippen LogP contribution in [0.3, 0.4) is 0 Å². The third-order valence-electron chi connectivity index (χ3n) is 2.14. The smallest absolute Gasteiger partial charge is 0.0759 e. The molecule has 1 saturated carbocycles. The second-order valence-electron chi connectivity index (χ2n) is 2.78. The Kier molecular flexibility index (Phi) is 2.10. The van der Waals surface area contributed by atoms with E-state index in [4.69, 9.17) is 5.26 Å². The number of hydrogen-bond donors (Lipinski definition) is 0. The molecule has 0 unspecified atom stereocenters. The van der Waals surface area contributed by atoms with Crippen LogP contribution in [0.15, 0.2) is 0 Å². The summed E-state index contributed by atoms with van der Waals surface area (Å²) in [6.45, 7) is 1.95. The molecule has 1 fully saturated rings. The van der Waals surface area contributed by atoms with Gasteiger partial charge in [-0.05, 0) is 25.7 Å². The highest BCUT2D eigenvalue weighted by Gasteiger charge is 2.21. The second-order valence-corrected chi connectivity index (χ2v) is 2.78. The molecule has 0 N–H and O–H groups in total. The molecule has 0 aliphatic heterocycles. The van der Waals surface area contributed by atoms with Gasteiger partial charge in [0.25, 0.3) is 0 Å². The zero-order chi connectivity index (χ0) is 6.69. The highest BCUT2D eigenvalue weighted by atomic mass is 14.3. The molecule has 9 heavy (non-hydrogen) atoms. The average molecular weight is 122 g/mol. The van der Waals surface area contributed by atoms with Crippen molar-refractivity contribution in [2.75, 3.05) is 0 Å². The van der Waals surface area contributed by atoms with E-state index >= 15 is 0 Å². The van der Waals surface area contributed by atoms with Crippen LogP contribution in [-0.2, 0) is 0 Å². The fourth-order valence-corrected chi connectivity index (χ4v) is 1.45. The van der Waals surface area contributed by atoms with Crippen LogP contribution in [0.5, 0.6) is 0 Å². The number of nitriles is 1. The molecular weight excluding hydrogens is 110 g/mol. The summed E-state index contributed by atoms with van der Waals surface area (Å²) in [7, 11) is 0. The van der Waals surface area contributed by atoms with E-state index in [0.29, 0.717) is 5.92 Å². The van der Waals surface area contributed by atoms with Gasteiger partial charge in [0.05, 0.1) is 12.0 Å². The van der Waals surface area contributed by atoms with Crippen LogP contribution in [-0.4, -0.2) is 0 Å². The van der Waals surface area contributed by atoms with Gasteiger partial charge in [0.15, 0.2) is 0 Å². The van der Waals surface area contributed by atoms with Gasteiger partial charge in [-0.25, -0.2) is 0 Å². The second kappa shape index (κ2) is 2.87. The van der Waals surface area contributed by atoms with Crippen LogP contribution in [0.25, 0.3) is 0 Å². The first-order valence-electron chi connectivity index (χ1n) is 3.58. The van der Waals surface area contributed by atoms with Crippen LogP contribution in [0, 0.1) is 23.2 Å². The minimum atomic E-state index is 0.634. The van der Waals surface area contributed by atoms with E-state index in [-0.39, 0.29) is 0 Å². The van der Waals surface area contributed by atoms with E-state index in [9.17, 15) is 0 Å². The molecule has 0 bridgehead atoms. The quantitative estimate of drug-likeness (QED) is 0.523. The highest BCUT2D eigenvalue weighted by molar-refractivity contribution is 5.12. The Morgan fingerprint density at radius 3 is 2.44 bits per heavy atom. The molecule has 0 saturated heterocycles. The Balaban J connectivity index is 2.34. The van der Waals surface area contributed by atoms with Gasteiger partial charge in [-0.15, -0.1) is 0 Å². The number of nitrogens with zero attached hydrogens (tertiary/aromatic N) is 1. The summed E-state index contributed by atoms with van der Waals surface area (Å²) in [5.74, 6) is 1.67. The maximum absolute atomic E-state index is 8.51. The SMILES string of the molecule is C[C](C#N)C1CCCC1. The molecule has 0 atom stereocenters. The van der Waals surface area contributed by atoms with Gasteiger partial charge in [0.2, 0.25) is 0 Å². The highest BCUT2D eigenvalue weighted by Crippen LogP contribution is 2.31. The lowest BCUT2D eigenvalue weighted by Crippen LogP contribution is -2.01. The Morgan fingerprint density at radius 2 is 2.00 bits per heavy atom. The summed E-state index contributed by atoms with van der Waals surface area (Å²) in [5, 5.41) is 8.51. The van der Waals surface area contributed by atoms with Crippen LogP contribution >= 0.6 is 0 Å². The maximum atomic E-state index is 8.51. The summed E-state index contributed by atoms with van der Waals surface area (Å²) in [5.41, 5.74) is 0. The minimum Gasteiger partial charge on any atom is -0.198 e. The average Bonchev–Trinajstić information content (AvgIpc) is 2.37. The van der Waals surface area contributed by atoms with E-state index in [1.165, 1.54) is 25.7 Å². The third-order valence-corrected chi connectivity index (χ3v) is 2.14. The van der Waals surface area contributed by atoms with Crippen molar-refractivity contribution in [3.63, 3.8) is 0 Å². The fourth-order valence-electron chi connectivity index (χ4n) is 1.45. The largest absolute Gasteiger partial charge is 0.198 e. The molecule has 0 heterocycles. The van der Waals surface area contributed by atoms with Crippen molar-refractivity contribution < 1.29 is 0 Å². The standard InChI is InChI=1S/C8H12N/c1-7(6-9)8-4-2-3-5-8/h8H,2-5H2,1H3. The van der Waals surface area contributed by atoms with E-state index in [1.807, 2.05) is 6.92 Å². The topological polar surface area (TPSA) is 23.8 Å². The summed E-state index contributed by atoms with van der Waals surface area (Å²) in [6, 6.07) is 2.22. The summed E-state index contributed by atoms with van der Waals surface area (Å²) < 4.78 is 0. The lowest BCUT2D eigenvalue weighted by molar-refractivity contribution is 0.596. The zero-order valence-electron chi connectivity index (χ0n) is 5.85. The molecule has 1 heteroatoms. The van der Waals surface area contributed by atoms with E-state index in [1.54, 1.807) is 0 Å².